The van der Waals surface area contributed by atoms with E-state index in [-0.39, 0.29) is 0 Å². The van der Waals surface area contributed by atoms with Gasteiger partial charge in [0.25, 0.3) is 0 Å². The Morgan fingerprint density at radius 3 is 2.74 bits per heavy atom. The number of fused-ring (bicyclic) bond motifs is 1. The van der Waals surface area contributed by atoms with Gasteiger partial charge in [-0.3, -0.25) is 4.98 Å². The zero-order valence-electron chi connectivity index (χ0n) is 19.5. The van der Waals surface area contributed by atoms with Gasteiger partial charge in [0.05, 0.1) is 22.3 Å². The van der Waals surface area contributed by atoms with E-state index in [2.05, 4.69) is 39.4 Å². The first-order valence-electron chi connectivity index (χ1n) is 11.2. The molecule has 0 amide bonds. The largest absolute Gasteiger partial charge is 0.365 e. The third-order valence-electron chi connectivity index (χ3n) is 5.61. The molecule has 0 aliphatic heterocycles. The van der Waals surface area contributed by atoms with Gasteiger partial charge in [0.2, 0.25) is 5.95 Å². The van der Waals surface area contributed by atoms with Crippen LogP contribution >= 0.6 is 11.6 Å². The zero-order chi connectivity index (χ0) is 24.1. The van der Waals surface area contributed by atoms with Crippen LogP contribution in [0.3, 0.4) is 0 Å². The molecule has 0 aliphatic carbocycles. The number of rotatable bonds is 9. The molecule has 0 bridgehead atoms. The van der Waals surface area contributed by atoms with Crippen LogP contribution in [-0.2, 0) is 6.54 Å². The number of pyridine rings is 1. The Morgan fingerprint density at radius 2 is 2.03 bits per heavy atom. The summed E-state index contributed by atoms with van der Waals surface area (Å²) in [5.41, 5.74) is 4.58. The number of nitrogens with zero attached hydrogens (tertiary/aromatic N) is 6. The van der Waals surface area contributed by atoms with Gasteiger partial charge >= 0.3 is 0 Å². The van der Waals surface area contributed by atoms with E-state index in [0.29, 0.717) is 36.3 Å². The van der Waals surface area contributed by atoms with Crippen LogP contribution < -0.4 is 10.2 Å². The second-order valence-corrected chi connectivity index (χ2v) is 8.45. The first-order valence-corrected chi connectivity index (χ1v) is 11.6. The molecule has 0 saturated heterocycles. The topological polar surface area (TPSA) is 104 Å². The van der Waals surface area contributed by atoms with Gasteiger partial charge in [-0.25, -0.2) is 4.98 Å². The maximum Gasteiger partial charge on any atom is 0.227 e. The van der Waals surface area contributed by atoms with Gasteiger partial charge in [-0.1, -0.05) is 22.8 Å². The average molecular weight is 476 g/mol. The second kappa shape index (κ2) is 10.5. The Kier molecular flexibility index (Phi) is 7.24. The number of nitriles is 1. The molecule has 3 aromatic heterocycles. The Hall–Kier alpha value is -3.70. The van der Waals surface area contributed by atoms with E-state index < -0.39 is 0 Å². The van der Waals surface area contributed by atoms with Crippen LogP contribution in [0.2, 0.25) is 5.02 Å². The van der Waals surface area contributed by atoms with E-state index >= 15 is 0 Å². The number of anilines is 2. The number of aromatic nitrogens is 4. The first kappa shape index (κ1) is 23.5. The zero-order valence-corrected chi connectivity index (χ0v) is 20.2. The molecule has 0 spiro atoms. The standard InChI is InChI=1S/C25H26ClN7O/c1-4-33(10-6-5-9-27)25-30-22-8-7-19(23-16(2)32-34-17(23)3)12-21(22)24(31-25)29-14-18-11-20(26)15-28-13-18/h7-8,11-13,15H,4-6,10,14H2,1-3H3,(H,29,30,31). The summed E-state index contributed by atoms with van der Waals surface area (Å²) in [7, 11) is 0. The highest BCUT2D eigenvalue weighted by atomic mass is 35.5. The van der Waals surface area contributed by atoms with Crippen LogP contribution in [0.4, 0.5) is 11.8 Å². The van der Waals surface area contributed by atoms with E-state index in [0.717, 1.165) is 52.0 Å². The molecule has 0 atom stereocenters. The average Bonchev–Trinajstić information content (AvgIpc) is 3.17. The van der Waals surface area contributed by atoms with Crippen molar-refractivity contribution in [2.75, 3.05) is 23.3 Å². The summed E-state index contributed by atoms with van der Waals surface area (Å²) >= 11 is 6.11. The van der Waals surface area contributed by atoms with Crippen molar-refractivity contribution in [3.05, 3.63) is 58.7 Å². The molecule has 1 N–H and O–H groups in total. The molecule has 0 unspecified atom stereocenters. The SMILES string of the molecule is CCN(CCCC#N)c1nc(NCc2cncc(Cl)c2)c2cc(-c3c(C)noc3C)ccc2n1. The molecule has 0 fully saturated rings. The molecular weight excluding hydrogens is 450 g/mol. The van der Waals surface area contributed by atoms with Crippen molar-refractivity contribution < 1.29 is 4.52 Å². The molecule has 0 saturated carbocycles. The summed E-state index contributed by atoms with van der Waals surface area (Å²) in [6, 6.07) is 10.2. The maximum atomic E-state index is 8.91. The third kappa shape index (κ3) is 5.10. The van der Waals surface area contributed by atoms with Crippen LogP contribution in [0.1, 0.15) is 36.8 Å². The van der Waals surface area contributed by atoms with E-state index in [1.807, 2.05) is 32.0 Å². The fourth-order valence-electron chi connectivity index (χ4n) is 3.93. The fourth-order valence-corrected chi connectivity index (χ4v) is 4.13. The first-order chi connectivity index (χ1) is 16.5. The Balaban J connectivity index is 1.77. The minimum atomic E-state index is 0.498. The molecule has 8 nitrogen and oxygen atoms in total. The lowest BCUT2D eigenvalue weighted by molar-refractivity contribution is 0.393. The van der Waals surface area contributed by atoms with Crippen molar-refractivity contribution >= 4 is 34.3 Å². The van der Waals surface area contributed by atoms with Crippen molar-refractivity contribution in [1.29, 1.82) is 5.26 Å². The number of halogens is 1. The number of aryl methyl sites for hydroxylation is 2. The molecule has 0 aliphatic rings. The molecule has 0 radical (unpaired) electrons. The summed E-state index contributed by atoms with van der Waals surface area (Å²) in [4.78, 5) is 16.0. The molecule has 3 heterocycles. The van der Waals surface area contributed by atoms with Gasteiger partial charge in [-0.2, -0.15) is 10.2 Å². The number of hydrogen-bond acceptors (Lipinski definition) is 8. The molecule has 34 heavy (non-hydrogen) atoms. The highest BCUT2D eigenvalue weighted by Gasteiger charge is 2.16. The van der Waals surface area contributed by atoms with Crippen LogP contribution in [0.15, 0.2) is 41.2 Å². The highest BCUT2D eigenvalue weighted by Crippen LogP contribution is 2.32. The van der Waals surface area contributed by atoms with Crippen LogP contribution in [0.25, 0.3) is 22.0 Å². The van der Waals surface area contributed by atoms with E-state index in [1.165, 1.54) is 0 Å². The third-order valence-corrected chi connectivity index (χ3v) is 5.82. The van der Waals surface area contributed by atoms with Crippen molar-refractivity contribution in [2.45, 2.75) is 40.2 Å². The monoisotopic (exact) mass is 475 g/mol. The second-order valence-electron chi connectivity index (χ2n) is 8.01. The molecule has 4 aromatic rings. The molecule has 4 rings (SSSR count). The maximum absolute atomic E-state index is 8.91. The Labute approximate surface area is 203 Å². The normalized spacial score (nSPS) is 10.9. The van der Waals surface area contributed by atoms with Crippen LogP contribution in [0.5, 0.6) is 0 Å². The van der Waals surface area contributed by atoms with Gasteiger partial charge in [-0.05, 0) is 56.5 Å². The predicted molar refractivity (Wildman–Crippen MR) is 134 cm³/mol. The minimum absolute atomic E-state index is 0.498. The van der Waals surface area contributed by atoms with E-state index in [1.54, 1.807) is 12.4 Å². The lowest BCUT2D eigenvalue weighted by Gasteiger charge is -2.22. The van der Waals surface area contributed by atoms with Crippen molar-refractivity contribution in [1.82, 2.24) is 20.1 Å². The van der Waals surface area contributed by atoms with Gasteiger partial charge in [0.15, 0.2) is 0 Å². The quantitative estimate of drug-likeness (QED) is 0.308. The van der Waals surface area contributed by atoms with Gasteiger partial charge in [0.1, 0.15) is 11.6 Å². The summed E-state index contributed by atoms with van der Waals surface area (Å²) in [6.07, 6.45) is 4.64. The summed E-state index contributed by atoms with van der Waals surface area (Å²) in [6.45, 7) is 7.86. The van der Waals surface area contributed by atoms with E-state index in [4.69, 9.17) is 31.4 Å². The number of benzene rings is 1. The van der Waals surface area contributed by atoms with Gasteiger partial charge < -0.3 is 14.7 Å². The van der Waals surface area contributed by atoms with Crippen molar-refractivity contribution in [3.63, 3.8) is 0 Å². The van der Waals surface area contributed by atoms with Gasteiger partial charge in [-0.15, -0.1) is 0 Å². The van der Waals surface area contributed by atoms with Crippen LogP contribution in [0, 0.1) is 25.2 Å². The summed E-state index contributed by atoms with van der Waals surface area (Å²) in [5, 5.41) is 17.9. The smallest absolute Gasteiger partial charge is 0.227 e. The minimum Gasteiger partial charge on any atom is -0.365 e. The summed E-state index contributed by atoms with van der Waals surface area (Å²) < 4.78 is 5.37. The Bertz CT molecular complexity index is 1330. The van der Waals surface area contributed by atoms with Crippen molar-refractivity contribution in [3.8, 4) is 17.2 Å². The lowest BCUT2D eigenvalue weighted by atomic mass is 10.0. The number of hydrogen-bond donors (Lipinski definition) is 1. The predicted octanol–water partition coefficient (Wildman–Crippen LogP) is 5.69. The molecular formula is C25H26ClN7O. The van der Waals surface area contributed by atoms with Crippen LogP contribution in [-0.4, -0.2) is 33.2 Å². The Morgan fingerprint density at radius 1 is 1.18 bits per heavy atom. The number of nitrogens with one attached hydrogen (secondary N) is 1. The molecule has 9 heteroatoms. The van der Waals surface area contributed by atoms with E-state index in [9.17, 15) is 0 Å². The van der Waals surface area contributed by atoms with Crippen molar-refractivity contribution in [2.24, 2.45) is 0 Å². The molecule has 1 aromatic carbocycles. The fraction of sp³-hybridized carbons (Fsp3) is 0.320. The number of unbranched alkanes of at least 4 members (excludes halogenated alkanes) is 1. The highest BCUT2D eigenvalue weighted by molar-refractivity contribution is 6.30. The molecule has 174 valence electrons. The summed E-state index contributed by atoms with van der Waals surface area (Å²) in [5.74, 6) is 2.11. The van der Waals surface area contributed by atoms with Gasteiger partial charge in [0, 0.05) is 49.4 Å². The lowest BCUT2D eigenvalue weighted by Crippen LogP contribution is -2.26.